The monoisotopic (exact) mass is 304 g/mol. The molecule has 3 rings (SSSR count). The Balaban J connectivity index is 0.00000147. The molecule has 1 N–H and O–H groups in total. The number of ether oxygens (including phenoxy) is 2. The summed E-state index contributed by atoms with van der Waals surface area (Å²) in [6, 6.07) is 0. The molecular weight excluding hydrogens is 284 g/mol. The zero-order valence-corrected chi connectivity index (χ0v) is 12.2. The number of halogens is 1. The number of hydrogen-bond acceptors (Lipinski definition) is 5. The van der Waals surface area contributed by atoms with Gasteiger partial charge in [-0.25, -0.2) is 4.79 Å². The molecule has 0 saturated carbocycles. The molecule has 3 heterocycles. The lowest BCUT2D eigenvalue weighted by Gasteiger charge is -2.38. The number of cyclic esters (lactones) is 1. The molecule has 3 saturated heterocycles. The second-order valence-electron chi connectivity index (χ2n) is 5.67. The molecule has 20 heavy (non-hydrogen) atoms. The highest BCUT2D eigenvalue weighted by atomic mass is 35.5. The third-order valence-corrected chi connectivity index (χ3v) is 4.43. The first-order valence-corrected chi connectivity index (χ1v) is 7.04. The van der Waals surface area contributed by atoms with Crippen LogP contribution in [0, 0.1) is 5.92 Å². The molecule has 0 aromatic rings. The van der Waals surface area contributed by atoms with Crippen molar-refractivity contribution < 1.29 is 19.1 Å². The van der Waals surface area contributed by atoms with Crippen LogP contribution >= 0.6 is 12.4 Å². The number of hydrogen-bond donors (Lipinski definition) is 1. The first-order chi connectivity index (χ1) is 9.19. The molecule has 3 fully saturated rings. The lowest BCUT2D eigenvalue weighted by Crippen LogP contribution is -2.50. The quantitative estimate of drug-likeness (QED) is 0.730. The van der Waals surface area contributed by atoms with Gasteiger partial charge in [0, 0.05) is 31.8 Å². The van der Waals surface area contributed by atoms with Crippen LogP contribution < -0.4 is 5.32 Å². The van der Waals surface area contributed by atoms with E-state index in [0.717, 1.165) is 25.9 Å². The number of likely N-dealkylation sites (tertiary alicyclic amines) is 1. The van der Waals surface area contributed by atoms with Crippen molar-refractivity contribution in [2.24, 2.45) is 5.92 Å². The molecule has 3 aliphatic rings. The number of carbonyl (C=O) groups excluding carboxylic acids is 2. The van der Waals surface area contributed by atoms with Crippen LogP contribution in [0.3, 0.4) is 0 Å². The Morgan fingerprint density at radius 1 is 1.25 bits per heavy atom. The first kappa shape index (κ1) is 15.4. The zero-order chi connectivity index (χ0) is 13.3. The molecule has 1 amide bonds. The van der Waals surface area contributed by atoms with E-state index in [-0.39, 0.29) is 24.2 Å². The van der Waals surface area contributed by atoms with E-state index in [2.05, 4.69) is 5.32 Å². The fraction of sp³-hybridized carbons (Fsp3) is 0.846. The molecule has 1 spiro atoms. The lowest BCUT2D eigenvalue weighted by atomic mass is 9.90. The summed E-state index contributed by atoms with van der Waals surface area (Å²) >= 11 is 0. The van der Waals surface area contributed by atoms with Crippen LogP contribution in [0.2, 0.25) is 0 Å². The second kappa shape index (κ2) is 6.18. The van der Waals surface area contributed by atoms with Crippen LogP contribution in [-0.2, 0) is 14.3 Å². The number of nitrogens with zero attached hydrogens (tertiary/aromatic N) is 1. The molecule has 6 nitrogen and oxygen atoms in total. The van der Waals surface area contributed by atoms with Crippen molar-refractivity contribution in [1.82, 2.24) is 10.2 Å². The fourth-order valence-electron chi connectivity index (χ4n) is 3.13. The van der Waals surface area contributed by atoms with Gasteiger partial charge in [-0.1, -0.05) is 0 Å². The van der Waals surface area contributed by atoms with Crippen molar-refractivity contribution in [1.29, 1.82) is 0 Å². The molecule has 0 aliphatic carbocycles. The van der Waals surface area contributed by atoms with Gasteiger partial charge in [0.25, 0.3) is 0 Å². The van der Waals surface area contributed by atoms with Gasteiger partial charge in [0.05, 0.1) is 0 Å². The van der Waals surface area contributed by atoms with Gasteiger partial charge in [0.2, 0.25) is 5.91 Å². The highest BCUT2D eigenvalue weighted by Gasteiger charge is 2.45. The molecule has 0 aromatic carbocycles. The van der Waals surface area contributed by atoms with Gasteiger partial charge >= 0.3 is 6.16 Å². The first-order valence-electron chi connectivity index (χ1n) is 7.04. The van der Waals surface area contributed by atoms with Crippen molar-refractivity contribution in [3.63, 3.8) is 0 Å². The average Bonchev–Trinajstić information content (AvgIpc) is 2.81. The molecule has 0 radical (unpaired) electrons. The van der Waals surface area contributed by atoms with Crippen molar-refractivity contribution in [2.75, 3.05) is 32.8 Å². The molecule has 114 valence electrons. The summed E-state index contributed by atoms with van der Waals surface area (Å²) in [5.74, 6) is 0.430. The van der Waals surface area contributed by atoms with E-state index in [9.17, 15) is 9.59 Å². The Morgan fingerprint density at radius 2 is 1.90 bits per heavy atom. The van der Waals surface area contributed by atoms with Gasteiger partial charge in [0.15, 0.2) is 5.60 Å². The largest absolute Gasteiger partial charge is 0.509 e. The van der Waals surface area contributed by atoms with E-state index >= 15 is 0 Å². The summed E-state index contributed by atoms with van der Waals surface area (Å²) in [7, 11) is 0. The Kier molecular flexibility index (Phi) is 4.75. The minimum absolute atomic E-state index is 0. The smallest absolute Gasteiger partial charge is 0.430 e. The summed E-state index contributed by atoms with van der Waals surface area (Å²) in [5, 5.41) is 3.27. The maximum absolute atomic E-state index is 12.4. The third kappa shape index (κ3) is 3.01. The highest BCUT2D eigenvalue weighted by Crippen LogP contribution is 2.32. The Hall–Kier alpha value is -1.01. The number of nitrogens with one attached hydrogen (secondary N) is 1. The van der Waals surface area contributed by atoms with E-state index in [1.807, 2.05) is 4.90 Å². The van der Waals surface area contributed by atoms with E-state index in [1.54, 1.807) is 0 Å². The van der Waals surface area contributed by atoms with E-state index < -0.39 is 11.8 Å². The van der Waals surface area contributed by atoms with Gasteiger partial charge in [-0.3, -0.25) is 4.79 Å². The number of carbonyl (C=O) groups is 2. The van der Waals surface area contributed by atoms with Crippen LogP contribution in [0.1, 0.15) is 25.7 Å². The zero-order valence-electron chi connectivity index (χ0n) is 11.4. The predicted molar refractivity (Wildman–Crippen MR) is 73.8 cm³/mol. The number of piperidine rings is 2. The van der Waals surface area contributed by atoms with Gasteiger partial charge in [-0.15, -0.1) is 12.4 Å². The van der Waals surface area contributed by atoms with Gasteiger partial charge in [-0.2, -0.15) is 0 Å². The van der Waals surface area contributed by atoms with E-state index in [0.29, 0.717) is 32.5 Å². The van der Waals surface area contributed by atoms with Crippen molar-refractivity contribution >= 4 is 24.5 Å². The van der Waals surface area contributed by atoms with Crippen molar-refractivity contribution in [2.45, 2.75) is 31.3 Å². The maximum Gasteiger partial charge on any atom is 0.509 e. The van der Waals surface area contributed by atoms with Crippen molar-refractivity contribution in [3.8, 4) is 0 Å². The molecular formula is C13H21ClN2O4. The summed E-state index contributed by atoms with van der Waals surface area (Å²) in [6.07, 6.45) is 2.67. The average molecular weight is 305 g/mol. The van der Waals surface area contributed by atoms with Gasteiger partial charge < -0.3 is 19.7 Å². The summed E-state index contributed by atoms with van der Waals surface area (Å²) < 4.78 is 10.1. The number of rotatable bonds is 1. The summed E-state index contributed by atoms with van der Waals surface area (Å²) in [4.78, 5) is 25.4. The highest BCUT2D eigenvalue weighted by molar-refractivity contribution is 5.85. The topological polar surface area (TPSA) is 67.9 Å². The molecule has 7 heteroatoms. The minimum atomic E-state index is -0.571. The molecule has 0 atom stereocenters. The molecule has 0 bridgehead atoms. The van der Waals surface area contributed by atoms with Crippen LogP contribution in [0.5, 0.6) is 0 Å². The van der Waals surface area contributed by atoms with Crippen LogP contribution in [0.4, 0.5) is 4.79 Å². The van der Waals surface area contributed by atoms with E-state index in [1.165, 1.54) is 0 Å². The van der Waals surface area contributed by atoms with E-state index in [4.69, 9.17) is 9.47 Å². The minimum Gasteiger partial charge on any atom is -0.430 e. The van der Waals surface area contributed by atoms with Gasteiger partial charge in [-0.05, 0) is 25.9 Å². The summed E-state index contributed by atoms with van der Waals surface area (Å²) in [5.41, 5.74) is -0.470. The normalized spacial score (nSPS) is 25.8. The van der Waals surface area contributed by atoms with Crippen molar-refractivity contribution in [3.05, 3.63) is 0 Å². The van der Waals surface area contributed by atoms with Crippen LogP contribution in [0.15, 0.2) is 0 Å². The van der Waals surface area contributed by atoms with Crippen LogP contribution in [0.25, 0.3) is 0 Å². The molecule has 0 aromatic heterocycles. The standard InChI is InChI=1S/C13H20N2O4.ClH/c16-11(10-1-5-14-6-2-10)15-7-3-13(4-8-15)9-18-12(17)19-13;/h10,14H,1-9H2;1H. The van der Waals surface area contributed by atoms with Gasteiger partial charge in [0.1, 0.15) is 6.61 Å². The Bertz CT molecular complexity index is 377. The lowest BCUT2D eigenvalue weighted by molar-refractivity contribution is -0.139. The molecule has 3 aliphatic heterocycles. The maximum atomic E-state index is 12.4. The number of amides is 1. The Morgan fingerprint density at radius 3 is 2.45 bits per heavy atom. The fourth-order valence-corrected chi connectivity index (χ4v) is 3.13. The predicted octanol–water partition coefficient (Wildman–Crippen LogP) is 0.936. The Labute approximate surface area is 124 Å². The molecule has 0 unspecified atom stereocenters. The SMILES string of the molecule is Cl.O=C1OCC2(CCN(C(=O)C3CCNCC3)CC2)O1. The summed E-state index contributed by atoms with van der Waals surface area (Å²) in [6.45, 7) is 3.53. The third-order valence-electron chi connectivity index (χ3n) is 4.43. The van der Waals surface area contributed by atoms with Crippen LogP contribution in [-0.4, -0.2) is 55.3 Å². The second-order valence-corrected chi connectivity index (χ2v) is 5.67.